The highest BCUT2D eigenvalue weighted by molar-refractivity contribution is 5.94. The molecule has 0 aromatic heterocycles. The van der Waals surface area contributed by atoms with Gasteiger partial charge in [-0.25, -0.2) is 4.79 Å². The molecule has 1 rings (SSSR count). The maximum atomic E-state index is 13.4. The number of benzene rings is 1. The second-order valence-electron chi connectivity index (χ2n) is 9.19. The minimum Gasteiger partial charge on any atom is -0.444 e. The number of hydrogen-bond donors (Lipinski definition) is 3. The van der Waals surface area contributed by atoms with Crippen molar-refractivity contribution >= 4 is 23.8 Å². The van der Waals surface area contributed by atoms with E-state index in [1.165, 1.54) is 11.9 Å². The van der Waals surface area contributed by atoms with Crippen LogP contribution in [-0.2, 0) is 19.1 Å². The predicted octanol–water partition coefficient (Wildman–Crippen LogP) is 2.10. The molecule has 9 nitrogen and oxygen atoms in total. The number of primary amides is 1. The molecule has 0 aliphatic carbocycles. The fourth-order valence-electron chi connectivity index (χ4n) is 3.35. The Kier molecular flexibility index (Phi) is 9.23. The first-order valence-corrected chi connectivity index (χ1v) is 10.5. The molecule has 0 aliphatic rings. The number of carbonyl (C=O) groups excluding carboxylic acids is 4. The molecule has 1 aromatic carbocycles. The smallest absolute Gasteiger partial charge is 0.408 e. The van der Waals surface area contributed by atoms with Crippen LogP contribution in [0.15, 0.2) is 18.2 Å². The molecule has 0 saturated carbocycles. The van der Waals surface area contributed by atoms with Crippen LogP contribution >= 0.6 is 0 Å². The summed E-state index contributed by atoms with van der Waals surface area (Å²) in [4.78, 5) is 51.6. The number of nitrogens with zero attached hydrogens (tertiary/aromatic N) is 1. The first-order chi connectivity index (χ1) is 14.6. The largest absolute Gasteiger partial charge is 0.444 e. The maximum Gasteiger partial charge on any atom is 0.408 e. The quantitative estimate of drug-likeness (QED) is 0.560. The second kappa shape index (κ2) is 11.0. The minimum absolute atomic E-state index is 0.154. The molecule has 0 fully saturated rings. The number of aryl methyl sites for hydroxylation is 2. The van der Waals surface area contributed by atoms with E-state index in [2.05, 4.69) is 10.6 Å². The number of hydrogen-bond acceptors (Lipinski definition) is 5. The van der Waals surface area contributed by atoms with Crippen molar-refractivity contribution in [2.45, 2.75) is 78.6 Å². The average molecular weight is 449 g/mol. The molecule has 32 heavy (non-hydrogen) atoms. The van der Waals surface area contributed by atoms with Crippen LogP contribution in [0.25, 0.3) is 0 Å². The lowest BCUT2D eigenvalue weighted by molar-refractivity contribution is -0.142. The van der Waals surface area contributed by atoms with Crippen LogP contribution in [0.1, 0.15) is 63.8 Å². The van der Waals surface area contributed by atoms with Crippen LogP contribution in [0.4, 0.5) is 4.79 Å². The van der Waals surface area contributed by atoms with Gasteiger partial charge in [-0.2, -0.15) is 0 Å². The lowest BCUT2D eigenvalue weighted by atomic mass is 9.93. The van der Waals surface area contributed by atoms with E-state index >= 15 is 0 Å². The van der Waals surface area contributed by atoms with Gasteiger partial charge in [0.1, 0.15) is 17.7 Å². The van der Waals surface area contributed by atoms with Crippen molar-refractivity contribution in [3.05, 3.63) is 34.9 Å². The van der Waals surface area contributed by atoms with Gasteiger partial charge < -0.3 is 26.0 Å². The number of nitrogens with two attached hydrogens (primary N) is 1. The van der Waals surface area contributed by atoms with Crippen LogP contribution in [0.3, 0.4) is 0 Å². The highest BCUT2D eigenvalue weighted by Crippen LogP contribution is 2.27. The van der Waals surface area contributed by atoms with Crippen molar-refractivity contribution in [2.75, 3.05) is 7.05 Å². The second-order valence-corrected chi connectivity index (χ2v) is 9.19. The van der Waals surface area contributed by atoms with Crippen molar-refractivity contribution < 1.29 is 23.9 Å². The number of rotatable bonds is 8. The van der Waals surface area contributed by atoms with Gasteiger partial charge in [0, 0.05) is 13.1 Å². The summed E-state index contributed by atoms with van der Waals surface area (Å²) in [5.74, 6) is -1.78. The van der Waals surface area contributed by atoms with Gasteiger partial charge >= 0.3 is 6.09 Å². The topological polar surface area (TPSA) is 131 Å². The molecule has 178 valence electrons. The van der Waals surface area contributed by atoms with E-state index < -0.39 is 42.0 Å². The fraction of sp³-hybridized carbons (Fsp3) is 0.565. The molecule has 4 amide bonds. The van der Waals surface area contributed by atoms with Crippen LogP contribution < -0.4 is 16.4 Å². The van der Waals surface area contributed by atoms with Crippen molar-refractivity contribution in [1.29, 1.82) is 0 Å². The summed E-state index contributed by atoms with van der Waals surface area (Å²) in [5.41, 5.74) is 6.86. The third-order valence-corrected chi connectivity index (χ3v) is 4.62. The maximum absolute atomic E-state index is 13.4. The van der Waals surface area contributed by atoms with Crippen LogP contribution in [0.5, 0.6) is 0 Å². The third-order valence-electron chi connectivity index (χ3n) is 4.62. The highest BCUT2D eigenvalue weighted by atomic mass is 16.6. The summed E-state index contributed by atoms with van der Waals surface area (Å²) in [5, 5.41) is 5.26. The van der Waals surface area contributed by atoms with E-state index in [0.717, 1.165) is 11.1 Å². The van der Waals surface area contributed by atoms with Crippen molar-refractivity contribution in [2.24, 2.45) is 5.73 Å². The number of nitrogens with one attached hydrogen (secondary N) is 2. The van der Waals surface area contributed by atoms with E-state index in [4.69, 9.17) is 10.5 Å². The molecule has 4 N–H and O–H groups in total. The Labute approximate surface area is 190 Å². The Hall–Kier alpha value is -3.10. The average Bonchev–Trinajstić information content (AvgIpc) is 2.60. The molecule has 2 atom stereocenters. The monoisotopic (exact) mass is 448 g/mol. The standard InChI is InChI=1S/C23H36N4O5/c1-13(2)25-20(29)19(18-14(3)10-9-11-15(18)4)27(8)21(30)16(12-17(24)28)26-22(31)32-23(5,6)7/h9-11,13,16,19H,12H2,1-8H3,(H2,24,28)(H,25,29)(H,26,31). The van der Waals surface area contributed by atoms with Gasteiger partial charge in [0.05, 0.1) is 6.42 Å². The van der Waals surface area contributed by atoms with Crippen LogP contribution in [-0.4, -0.2) is 53.4 Å². The summed E-state index contributed by atoms with van der Waals surface area (Å²) in [6.45, 7) is 12.4. The molecule has 0 aliphatic heterocycles. The van der Waals surface area contributed by atoms with Crippen molar-refractivity contribution in [3.8, 4) is 0 Å². The van der Waals surface area contributed by atoms with E-state index in [1.807, 2.05) is 45.9 Å². The summed E-state index contributed by atoms with van der Waals surface area (Å²) < 4.78 is 5.21. The zero-order valence-corrected chi connectivity index (χ0v) is 20.2. The molecule has 1 aromatic rings. The van der Waals surface area contributed by atoms with Crippen molar-refractivity contribution in [1.82, 2.24) is 15.5 Å². The normalized spacial score (nSPS) is 13.2. The van der Waals surface area contributed by atoms with Gasteiger partial charge in [-0.3, -0.25) is 14.4 Å². The minimum atomic E-state index is -1.29. The summed E-state index contributed by atoms with van der Waals surface area (Å²) in [7, 11) is 1.46. The molecule has 0 saturated heterocycles. The highest BCUT2D eigenvalue weighted by Gasteiger charge is 2.36. The van der Waals surface area contributed by atoms with E-state index in [-0.39, 0.29) is 11.9 Å². The molecule has 0 radical (unpaired) electrons. The van der Waals surface area contributed by atoms with E-state index in [9.17, 15) is 19.2 Å². The third kappa shape index (κ3) is 7.86. The molecular weight excluding hydrogens is 412 g/mol. The van der Waals surface area contributed by atoms with E-state index in [0.29, 0.717) is 5.56 Å². The van der Waals surface area contributed by atoms with Crippen LogP contribution in [0.2, 0.25) is 0 Å². The Morgan fingerprint density at radius 3 is 2.03 bits per heavy atom. The molecular formula is C23H36N4O5. The van der Waals surface area contributed by atoms with Gasteiger partial charge in [0.2, 0.25) is 17.7 Å². The Morgan fingerprint density at radius 1 is 1.06 bits per heavy atom. The van der Waals surface area contributed by atoms with Gasteiger partial charge in [-0.15, -0.1) is 0 Å². The Morgan fingerprint density at radius 2 is 1.59 bits per heavy atom. The lowest BCUT2D eigenvalue weighted by Crippen LogP contribution is -2.53. The lowest BCUT2D eigenvalue weighted by Gasteiger charge is -2.33. The van der Waals surface area contributed by atoms with Crippen molar-refractivity contribution in [3.63, 3.8) is 0 Å². The zero-order chi connectivity index (χ0) is 24.8. The Bertz CT molecular complexity index is 840. The fourth-order valence-corrected chi connectivity index (χ4v) is 3.35. The first-order valence-electron chi connectivity index (χ1n) is 10.5. The number of alkyl carbamates (subject to hydrolysis) is 1. The molecule has 2 unspecified atom stereocenters. The van der Waals surface area contributed by atoms with Gasteiger partial charge in [-0.1, -0.05) is 18.2 Å². The Balaban J connectivity index is 3.36. The summed E-state index contributed by atoms with van der Waals surface area (Å²) in [6, 6.07) is 3.17. The summed E-state index contributed by atoms with van der Waals surface area (Å²) >= 11 is 0. The van der Waals surface area contributed by atoms with Crippen LogP contribution in [0, 0.1) is 13.8 Å². The van der Waals surface area contributed by atoms with Gasteiger partial charge in [0.25, 0.3) is 0 Å². The van der Waals surface area contributed by atoms with Gasteiger partial charge in [-0.05, 0) is 65.2 Å². The summed E-state index contributed by atoms with van der Waals surface area (Å²) in [6.07, 6.45) is -1.30. The molecule has 0 spiro atoms. The molecule has 0 heterocycles. The van der Waals surface area contributed by atoms with Gasteiger partial charge in [0.15, 0.2) is 0 Å². The predicted molar refractivity (Wildman–Crippen MR) is 122 cm³/mol. The molecule has 9 heteroatoms. The van der Waals surface area contributed by atoms with E-state index in [1.54, 1.807) is 20.8 Å². The zero-order valence-electron chi connectivity index (χ0n) is 20.2. The SMILES string of the molecule is Cc1cccc(C)c1C(C(=O)NC(C)C)N(C)C(=O)C(CC(N)=O)NC(=O)OC(C)(C)C. The number of likely N-dealkylation sites (N-methyl/N-ethyl adjacent to an activating group) is 1. The number of ether oxygens (including phenoxy) is 1. The first kappa shape index (κ1) is 26.9. The molecule has 0 bridgehead atoms. The number of carbonyl (C=O) groups is 4. The number of amides is 4.